The number of allylic oxidation sites excluding steroid dienone is 8. The van der Waals surface area contributed by atoms with Crippen molar-refractivity contribution in [1.29, 1.82) is 0 Å². The summed E-state index contributed by atoms with van der Waals surface area (Å²) in [6.07, 6.45) is 12.0. The smallest absolute Gasteiger partial charge is 0.160 e. The van der Waals surface area contributed by atoms with E-state index in [1.54, 1.807) is 24.3 Å². The Morgan fingerprint density at radius 1 is 1.23 bits per heavy atom. The van der Waals surface area contributed by atoms with Gasteiger partial charge in [0.25, 0.3) is 0 Å². The third-order valence-corrected chi connectivity index (χ3v) is 5.78. The summed E-state index contributed by atoms with van der Waals surface area (Å²) in [6.45, 7) is 1.77. The van der Waals surface area contributed by atoms with Gasteiger partial charge in [-0.25, -0.2) is 13.8 Å². The van der Waals surface area contributed by atoms with Crippen LogP contribution in [-0.4, -0.2) is 54.9 Å². The van der Waals surface area contributed by atoms with Crippen molar-refractivity contribution in [2.45, 2.75) is 50.9 Å². The number of halogens is 2. The van der Waals surface area contributed by atoms with Crippen LogP contribution in [0.4, 0.5) is 8.78 Å². The number of aliphatic imine (C=N–C) groups is 1. The van der Waals surface area contributed by atoms with Crippen molar-refractivity contribution in [3.8, 4) is 0 Å². The highest BCUT2D eigenvalue weighted by Crippen LogP contribution is 2.31. The highest BCUT2D eigenvalue weighted by molar-refractivity contribution is 5.87. The van der Waals surface area contributed by atoms with Crippen molar-refractivity contribution < 1.29 is 23.4 Å². The van der Waals surface area contributed by atoms with E-state index in [0.29, 0.717) is 35.6 Å². The Labute approximate surface area is 175 Å². The Kier molecular flexibility index (Phi) is 6.92. The molecule has 30 heavy (non-hydrogen) atoms. The summed E-state index contributed by atoms with van der Waals surface area (Å²) in [4.78, 5) is 6.28. The van der Waals surface area contributed by atoms with Crippen molar-refractivity contribution in [3.63, 3.8) is 0 Å². The molecule has 3 aliphatic heterocycles. The second-order valence-corrected chi connectivity index (χ2v) is 7.98. The van der Waals surface area contributed by atoms with Crippen molar-refractivity contribution in [1.82, 2.24) is 4.90 Å². The molecule has 0 saturated carbocycles. The van der Waals surface area contributed by atoms with Crippen LogP contribution in [0.3, 0.4) is 0 Å². The number of ether oxygens (including phenoxy) is 2. The van der Waals surface area contributed by atoms with Crippen LogP contribution in [0, 0.1) is 0 Å². The zero-order valence-corrected chi connectivity index (χ0v) is 17.0. The highest BCUT2D eigenvalue weighted by atomic mass is 19.1. The van der Waals surface area contributed by atoms with Crippen LogP contribution in [0.1, 0.15) is 38.5 Å². The Balaban J connectivity index is 1.42. The SMILES string of the molecule is OCC1=CC=CC(C2=CCC(F)=C(N3CCC(OC4CCCCO4)C3)N=C2)=C(F)C1. The fourth-order valence-corrected chi connectivity index (χ4v) is 4.13. The number of nitrogens with zero attached hydrogens (tertiary/aromatic N) is 2. The molecule has 0 radical (unpaired) electrons. The topological polar surface area (TPSA) is 54.3 Å². The fourth-order valence-electron chi connectivity index (χ4n) is 4.13. The maximum Gasteiger partial charge on any atom is 0.160 e. The van der Waals surface area contributed by atoms with E-state index in [-0.39, 0.29) is 43.5 Å². The average molecular weight is 418 g/mol. The summed E-state index contributed by atoms with van der Waals surface area (Å²) in [5, 5.41) is 9.28. The van der Waals surface area contributed by atoms with Crippen LogP contribution in [0.2, 0.25) is 0 Å². The molecule has 0 amide bonds. The molecule has 5 nitrogen and oxygen atoms in total. The van der Waals surface area contributed by atoms with Gasteiger partial charge >= 0.3 is 0 Å². The second kappa shape index (κ2) is 9.81. The minimum Gasteiger partial charge on any atom is -0.392 e. The molecule has 0 aromatic carbocycles. The first-order chi connectivity index (χ1) is 14.6. The number of hydrogen-bond donors (Lipinski definition) is 1. The summed E-state index contributed by atoms with van der Waals surface area (Å²) in [5.41, 5.74) is 1.52. The van der Waals surface area contributed by atoms with E-state index in [4.69, 9.17) is 9.47 Å². The van der Waals surface area contributed by atoms with Crippen LogP contribution < -0.4 is 0 Å². The van der Waals surface area contributed by atoms with Crippen LogP contribution in [0.25, 0.3) is 0 Å². The molecule has 4 aliphatic rings. The maximum absolute atomic E-state index is 14.8. The van der Waals surface area contributed by atoms with Crippen molar-refractivity contribution in [3.05, 3.63) is 58.5 Å². The Morgan fingerprint density at radius 3 is 2.93 bits per heavy atom. The fraction of sp³-hybridized carbons (Fsp3) is 0.522. The van der Waals surface area contributed by atoms with Crippen molar-refractivity contribution >= 4 is 6.21 Å². The summed E-state index contributed by atoms with van der Waals surface area (Å²) in [7, 11) is 0. The summed E-state index contributed by atoms with van der Waals surface area (Å²) >= 11 is 0. The van der Waals surface area contributed by atoms with Gasteiger partial charge in [-0.1, -0.05) is 24.3 Å². The molecule has 3 heterocycles. The number of hydrogen-bond acceptors (Lipinski definition) is 5. The lowest BCUT2D eigenvalue weighted by atomic mass is 10.0. The monoisotopic (exact) mass is 418 g/mol. The van der Waals surface area contributed by atoms with E-state index in [9.17, 15) is 13.9 Å². The lowest BCUT2D eigenvalue weighted by molar-refractivity contribution is -0.184. The van der Waals surface area contributed by atoms with Gasteiger partial charge < -0.3 is 19.5 Å². The lowest BCUT2D eigenvalue weighted by Crippen LogP contribution is -2.30. The number of aliphatic hydroxyl groups excluding tert-OH is 1. The van der Waals surface area contributed by atoms with Gasteiger partial charge in [-0.2, -0.15) is 0 Å². The molecule has 162 valence electrons. The van der Waals surface area contributed by atoms with E-state index >= 15 is 0 Å². The molecule has 0 spiro atoms. The Bertz CT molecular complexity index is 835. The zero-order chi connectivity index (χ0) is 20.9. The molecular formula is C23H28F2N2O3. The van der Waals surface area contributed by atoms with Gasteiger partial charge in [-0.3, -0.25) is 0 Å². The predicted molar refractivity (Wildman–Crippen MR) is 111 cm³/mol. The first-order valence-electron chi connectivity index (χ1n) is 10.6. The van der Waals surface area contributed by atoms with E-state index < -0.39 is 0 Å². The molecule has 2 saturated heterocycles. The predicted octanol–water partition coefficient (Wildman–Crippen LogP) is 4.25. The molecule has 1 N–H and O–H groups in total. The third kappa shape index (κ3) is 4.96. The van der Waals surface area contributed by atoms with Crippen LogP contribution in [0.5, 0.6) is 0 Å². The van der Waals surface area contributed by atoms with Gasteiger partial charge in [0.05, 0.1) is 12.7 Å². The molecule has 0 aromatic heterocycles. The largest absolute Gasteiger partial charge is 0.392 e. The van der Waals surface area contributed by atoms with Gasteiger partial charge in [-0.05, 0) is 36.8 Å². The molecule has 2 unspecified atom stereocenters. The van der Waals surface area contributed by atoms with Gasteiger partial charge in [0.1, 0.15) is 11.7 Å². The first kappa shape index (κ1) is 21.2. The molecule has 7 heteroatoms. The molecule has 2 fully saturated rings. The molecule has 1 aliphatic carbocycles. The van der Waals surface area contributed by atoms with E-state index in [2.05, 4.69) is 4.99 Å². The maximum atomic E-state index is 14.8. The molecule has 4 rings (SSSR count). The standard InChI is InChI=1S/C23H28F2N2O3/c24-20-8-7-17(19-5-3-4-16(15-28)12-21(19)25)13-26-23(20)27-10-9-18(14-27)30-22-6-1-2-11-29-22/h3-5,7,13,18,22,28H,1-2,6,8-12,14-15H2. The zero-order valence-electron chi connectivity index (χ0n) is 17.0. The number of likely N-dealkylation sites (tertiary alicyclic amines) is 1. The average Bonchev–Trinajstić information content (AvgIpc) is 3.01. The normalized spacial score (nSPS) is 27.9. The first-order valence-corrected chi connectivity index (χ1v) is 10.6. The summed E-state index contributed by atoms with van der Waals surface area (Å²) < 4.78 is 41.2. The van der Waals surface area contributed by atoms with Crippen LogP contribution in [0.15, 0.2) is 63.5 Å². The quantitative estimate of drug-likeness (QED) is 0.726. The Morgan fingerprint density at radius 2 is 2.13 bits per heavy atom. The second-order valence-electron chi connectivity index (χ2n) is 7.98. The van der Waals surface area contributed by atoms with Gasteiger partial charge in [0.2, 0.25) is 0 Å². The van der Waals surface area contributed by atoms with Crippen molar-refractivity contribution in [2.24, 2.45) is 4.99 Å². The lowest BCUT2D eigenvalue weighted by Gasteiger charge is -2.26. The van der Waals surface area contributed by atoms with Crippen LogP contribution in [-0.2, 0) is 9.47 Å². The molecule has 0 aromatic rings. The summed E-state index contributed by atoms with van der Waals surface area (Å²) in [6, 6.07) is 0. The third-order valence-electron chi connectivity index (χ3n) is 5.78. The van der Waals surface area contributed by atoms with Gasteiger partial charge in [-0.15, -0.1) is 0 Å². The van der Waals surface area contributed by atoms with E-state index in [1.165, 1.54) is 6.21 Å². The van der Waals surface area contributed by atoms with Crippen molar-refractivity contribution in [2.75, 3.05) is 26.3 Å². The Hall–Kier alpha value is -2.09. The molecule has 0 bridgehead atoms. The highest BCUT2D eigenvalue weighted by Gasteiger charge is 2.30. The minimum absolute atomic E-state index is 0.00722. The molecule has 2 atom stereocenters. The molecular weight excluding hydrogens is 390 g/mol. The van der Waals surface area contributed by atoms with Gasteiger partial charge in [0, 0.05) is 44.3 Å². The number of aliphatic hydroxyl groups is 1. The van der Waals surface area contributed by atoms with E-state index in [0.717, 1.165) is 32.3 Å². The number of rotatable bonds is 5. The minimum atomic E-state index is -0.354. The van der Waals surface area contributed by atoms with E-state index in [1.807, 2.05) is 4.90 Å². The van der Waals surface area contributed by atoms with Crippen LogP contribution >= 0.6 is 0 Å². The summed E-state index contributed by atoms with van der Waals surface area (Å²) in [5.74, 6) is -0.388. The van der Waals surface area contributed by atoms with Gasteiger partial charge in [0.15, 0.2) is 12.1 Å².